The van der Waals surface area contributed by atoms with Crippen LogP contribution in [0.25, 0.3) is 0 Å². The summed E-state index contributed by atoms with van der Waals surface area (Å²) in [4.78, 5) is 12.7. The van der Waals surface area contributed by atoms with E-state index in [-0.39, 0.29) is 17.8 Å². The number of rotatable bonds is 1. The van der Waals surface area contributed by atoms with Crippen LogP contribution in [-0.4, -0.2) is 37.0 Å². The second-order valence-corrected chi connectivity index (χ2v) is 3.19. The van der Waals surface area contributed by atoms with E-state index in [2.05, 4.69) is 4.74 Å². The molecule has 0 aromatic heterocycles. The van der Waals surface area contributed by atoms with Crippen LogP contribution < -0.4 is 5.73 Å². The molecule has 0 radical (unpaired) electrons. The predicted octanol–water partition coefficient (Wildman–Crippen LogP) is 0.401. The molecule has 1 heterocycles. The van der Waals surface area contributed by atoms with Crippen LogP contribution in [0.2, 0.25) is 0 Å². The van der Waals surface area contributed by atoms with Gasteiger partial charge in [-0.25, -0.2) is 4.79 Å². The smallest absolute Gasteiger partial charge is 0.409 e. The van der Waals surface area contributed by atoms with Crippen LogP contribution in [0.15, 0.2) is 0 Å². The number of piperidine rings is 1. The van der Waals surface area contributed by atoms with E-state index >= 15 is 0 Å². The fourth-order valence-electron chi connectivity index (χ4n) is 1.50. The first kappa shape index (κ1) is 9.83. The Morgan fingerprint density at radius 3 is 2.46 bits per heavy atom. The van der Waals surface area contributed by atoms with Crippen molar-refractivity contribution in [3.63, 3.8) is 0 Å². The maximum Gasteiger partial charge on any atom is 0.409 e. The zero-order valence-electron chi connectivity index (χ0n) is 7.75. The fraction of sp³-hybridized carbons (Fsp3) is 0.750. The summed E-state index contributed by atoms with van der Waals surface area (Å²) in [5.74, 6) is 0.366. The average molecular weight is 185 g/mol. The number of hydrogen-bond acceptors (Lipinski definition) is 3. The highest BCUT2D eigenvalue weighted by Crippen LogP contribution is 2.16. The third-order valence-corrected chi connectivity index (χ3v) is 2.37. The van der Waals surface area contributed by atoms with Crippen molar-refractivity contribution in [3.8, 4) is 0 Å². The van der Waals surface area contributed by atoms with Crippen molar-refractivity contribution in [3.05, 3.63) is 0 Å². The van der Waals surface area contributed by atoms with Gasteiger partial charge in [0.15, 0.2) is 0 Å². The number of nitrogens with zero attached hydrogens (tertiary/aromatic N) is 1. The molecule has 3 N–H and O–H groups in total. The van der Waals surface area contributed by atoms with E-state index in [4.69, 9.17) is 11.1 Å². The molecule has 74 valence electrons. The Hall–Kier alpha value is -1.26. The Morgan fingerprint density at radius 1 is 1.54 bits per heavy atom. The molecular formula is C8H15N3O2. The first-order valence-electron chi connectivity index (χ1n) is 4.32. The first-order valence-corrected chi connectivity index (χ1v) is 4.32. The Labute approximate surface area is 77.3 Å². The summed E-state index contributed by atoms with van der Waals surface area (Å²) < 4.78 is 4.59. The summed E-state index contributed by atoms with van der Waals surface area (Å²) in [7, 11) is 1.37. The number of nitrogens with two attached hydrogens (primary N) is 1. The Bertz CT molecular complexity index is 209. The molecule has 0 saturated carbocycles. The molecule has 0 aliphatic carbocycles. The molecule has 1 amide bonds. The van der Waals surface area contributed by atoms with Gasteiger partial charge in [-0.1, -0.05) is 0 Å². The van der Waals surface area contributed by atoms with Crippen LogP contribution in [0.1, 0.15) is 12.8 Å². The molecule has 1 rings (SSSR count). The van der Waals surface area contributed by atoms with Gasteiger partial charge in [0.05, 0.1) is 12.9 Å². The van der Waals surface area contributed by atoms with Crippen molar-refractivity contribution in [1.29, 1.82) is 5.41 Å². The molecule has 0 bridgehead atoms. The highest BCUT2D eigenvalue weighted by atomic mass is 16.5. The molecule has 13 heavy (non-hydrogen) atoms. The second-order valence-electron chi connectivity index (χ2n) is 3.19. The van der Waals surface area contributed by atoms with Crippen LogP contribution in [0.5, 0.6) is 0 Å². The summed E-state index contributed by atoms with van der Waals surface area (Å²) in [5, 5.41) is 7.25. The maximum absolute atomic E-state index is 11.1. The number of nitrogens with one attached hydrogen (secondary N) is 1. The number of amides is 1. The molecule has 0 atom stereocenters. The number of hydrogen-bond donors (Lipinski definition) is 2. The molecule has 0 aromatic carbocycles. The largest absolute Gasteiger partial charge is 0.453 e. The van der Waals surface area contributed by atoms with Crippen LogP contribution in [-0.2, 0) is 4.74 Å². The zero-order chi connectivity index (χ0) is 9.84. The number of carbonyl (C=O) groups is 1. The van der Waals surface area contributed by atoms with Gasteiger partial charge < -0.3 is 15.4 Å². The highest BCUT2D eigenvalue weighted by molar-refractivity contribution is 5.80. The molecule has 0 spiro atoms. The first-order chi connectivity index (χ1) is 6.15. The Morgan fingerprint density at radius 2 is 2.08 bits per heavy atom. The normalized spacial score (nSPS) is 18.4. The molecular weight excluding hydrogens is 170 g/mol. The monoisotopic (exact) mass is 185 g/mol. The van der Waals surface area contributed by atoms with Gasteiger partial charge in [-0.05, 0) is 12.8 Å². The lowest BCUT2D eigenvalue weighted by Crippen LogP contribution is -2.41. The third kappa shape index (κ3) is 2.34. The average Bonchev–Trinajstić information content (AvgIpc) is 2.17. The molecule has 1 fully saturated rings. The lowest BCUT2D eigenvalue weighted by molar-refractivity contribution is 0.111. The van der Waals surface area contributed by atoms with Crippen LogP contribution in [0, 0.1) is 11.3 Å². The second kappa shape index (κ2) is 4.11. The standard InChI is InChI=1S/C8H15N3O2/c1-13-8(12)11-4-2-6(3-5-11)7(9)10/h6H,2-5H2,1H3,(H3,9,10). The lowest BCUT2D eigenvalue weighted by atomic mass is 9.96. The highest BCUT2D eigenvalue weighted by Gasteiger charge is 2.24. The van der Waals surface area contributed by atoms with Crippen molar-refractivity contribution in [2.24, 2.45) is 11.7 Å². The molecule has 5 heteroatoms. The molecule has 0 aromatic rings. The summed E-state index contributed by atoms with van der Waals surface area (Å²) in [5.41, 5.74) is 5.37. The van der Waals surface area contributed by atoms with Crippen LogP contribution in [0.4, 0.5) is 4.79 Å². The van der Waals surface area contributed by atoms with E-state index in [9.17, 15) is 4.79 Å². The maximum atomic E-state index is 11.1. The minimum atomic E-state index is -0.290. The van der Waals surface area contributed by atoms with Gasteiger partial charge in [0.2, 0.25) is 0 Å². The van der Waals surface area contributed by atoms with Gasteiger partial charge in [-0.15, -0.1) is 0 Å². The van der Waals surface area contributed by atoms with E-state index < -0.39 is 0 Å². The van der Waals surface area contributed by atoms with Crippen molar-refractivity contribution < 1.29 is 9.53 Å². The lowest BCUT2D eigenvalue weighted by Gasteiger charge is -2.30. The quantitative estimate of drug-likeness (QED) is 0.458. The van der Waals surface area contributed by atoms with Crippen molar-refractivity contribution >= 4 is 11.9 Å². The van der Waals surface area contributed by atoms with Gasteiger partial charge in [0, 0.05) is 19.0 Å². The number of carbonyl (C=O) groups excluding carboxylic acids is 1. The van der Waals surface area contributed by atoms with Gasteiger partial charge in [-0.2, -0.15) is 0 Å². The molecule has 1 aliphatic heterocycles. The van der Waals surface area contributed by atoms with Crippen LogP contribution >= 0.6 is 0 Å². The van der Waals surface area contributed by atoms with Gasteiger partial charge in [0.25, 0.3) is 0 Å². The number of methoxy groups -OCH3 is 1. The Kier molecular flexibility index (Phi) is 3.11. The van der Waals surface area contributed by atoms with Crippen molar-refractivity contribution in [2.75, 3.05) is 20.2 Å². The predicted molar refractivity (Wildman–Crippen MR) is 48.6 cm³/mol. The van der Waals surface area contributed by atoms with E-state index in [1.807, 2.05) is 0 Å². The van der Waals surface area contributed by atoms with Gasteiger partial charge in [0.1, 0.15) is 0 Å². The van der Waals surface area contributed by atoms with E-state index in [0.717, 1.165) is 12.8 Å². The molecule has 1 aliphatic rings. The number of likely N-dealkylation sites (tertiary alicyclic amines) is 1. The van der Waals surface area contributed by atoms with Crippen molar-refractivity contribution in [1.82, 2.24) is 4.90 Å². The summed E-state index contributed by atoms with van der Waals surface area (Å²) in [6.45, 7) is 1.27. The number of ether oxygens (including phenoxy) is 1. The summed E-state index contributed by atoms with van der Waals surface area (Å²) >= 11 is 0. The van der Waals surface area contributed by atoms with Crippen LogP contribution in [0.3, 0.4) is 0 Å². The van der Waals surface area contributed by atoms with E-state index in [0.29, 0.717) is 13.1 Å². The SMILES string of the molecule is COC(=O)N1CCC(C(=N)N)CC1. The topological polar surface area (TPSA) is 79.4 Å². The molecule has 1 saturated heterocycles. The zero-order valence-corrected chi connectivity index (χ0v) is 7.75. The molecule has 0 unspecified atom stereocenters. The van der Waals surface area contributed by atoms with Gasteiger partial charge in [-0.3, -0.25) is 5.41 Å². The number of amidine groups is 1. The fourth-order valence-corrected chi connectivity index (χ4v) is 1.50. The summed E-state index contributed by atoms with van der Waals surface area (Å²) in [6.07, 6.45) is 1.25. The summed E-state index contributed by atoms with van der Waals surface area (Å²) in [6, 6.07) is 0. The van der Waals surface area contributed by atoms with Gasteiger partial charge >= 0.3 is 6.09 Å². The van der Waals surface area contributed by atoms with E-state index in [1.54, 1.807) is 4.90 Å². The van der Waals surface area contributed by atoms with Crippen molar-refractivity contribution in [2.45, 2.75) is 12.8 Å². The minimum Gasteiger partial charge on any atom is -0.453 e. The van der Waals surface area contributed by atoms with E-state index in [1.165, 1.54) is 7.11 Å². The Balaban J connectivity index is 2.39. The third-order valence-electron chi connectivity index (χ3n) is 2.37. The molecule has 5 nitrogen and oxygen atoms in total. The minimum absolute atomic E-state index is 0.140.